The highest BCUT2D eigenvalue weighted by molar-refractivity contribution is 7.46. The SMILES string of the molecule is CC(C)CC(N=C(O)C(CCC(=O)O)N=C(O)C(CC(=O)O)N=C(O)C(CCC(=O)O)N=C(O)C(N=C(O)C(CCC(=N)O)N=C(O)C(CCC(=N)O)N=C(O)C(CCC(=N)O)N=C(O)C(CCC(=O)O)N=C(O)C(CCC(=O)O)N=C(O)C(COP(=O)(O)O)N=C(O)C(CCC(=N)O)N=C(O)C(N)Cc1ccccc1)C(C)O)C(O)=NC(CCC(=N)O)C(O)=NC(CC(=O)O)C(O)=NC(CCCCN)C(=O)O. The van der Waals surface area contributed by atoms with Gasteiger partial charge in [0, 0.05) is 57.8 Å². The minimum Gasteiger partial charge on any atom is -0.497 e. The maximum Gasteiger partial charge on any atom is 0.469 e. The van der Waals surface area contributed by atoms with Crippen LogP contribution in [-0.4, -0.2) is 428 Å². The molecule has 0 radical (unpaired) electrons. The number of aliphatic carboxylic acids is 7. The first kappa shape index (κ1) is 126. The molecule has 798 valence electrons. The molecule has 0 spiro atoms. The Morgan fingerprint density at radius 1 is 0.315 bits per heavy atom. The number of unbranched alkanes of at least 4 members (excludes halogenated alkanes) is 1. The molecule has 39 N–H and O–H groups in total. The number of aliphatic hydroxyl groups is 21. The van der Waals surface area contributed by atoms with Crippen molar-refractivity contribution < 1.29 is 195 Å². The highest BCUT2D eigenvalue weighted by Gasteiger charge is 2.36. The minimum absolute atomic E-state index is 0.0569. The molecular weight excluding hydrogens is 1940 g/mol. The molecule has 1 rings (SSSR count). The molecule has 0 saturated heterocycles. The van der Waals surface area contributed by atoms with E-state index in [-0.39, 0.29) is 32.2 Å². The van der Waals surface area contributed by atoms with Crippen LogP contribution in [0.2, 0.25) is 0 Å². The summed E-state index contributed by atoms with van der Waals surface area (Å²) < 4.78 is 16.5. The second-order valence-corrected chi connectivity index (χ2v) is 33.1. The molecule has 143 heavy (non-hydrogen) atoms. The van der Waals surface area contributed by atoms with Crippen molar-refractivity contribution >= 4 is 168 Å². The fourth-order valence-electron chi connectivity index (χ4n) is 12.1. The van der Waals surface area contributed by atoms with E-state index in [0.29, 0.717) is 12.0 Å². The van der Waals surface area contributed by atoms with Gasteiger partial charge in [-0.15, -0.1) is 0 Å². The highest BCUT2D eigenvalue weighted by Crippen LogP contribution is 2.36. The number of hydrogen-bond donors (Lipinski definition) is 37. The zero-order valence-electron chi connectivity index (χ0n) is 77.3. The second-order valence-electron chi connectivity index (χ2n) is 31.9. The summed E-state index contributed by atoms with van der Waals surface area (Å²) in [4.78, 5) is 162. The lowest BCUT2D eigenvalue weighted by atomic mass is 10.0. The molecule has 0 aliphatic heterocycles. The maximum absolute atomic E-state index is 12.5. The van der Waals surface area contributed by atoms with Crippen LogP contribution in [0.4, 0.5) is 0 Å². The van der Waals surface area contributed by atoms with Crippen molar-refractivity contribution in [1.82, 2.24) is 0 Å². The number of aliphatic imine (C=N–C) groups is 15. The Kier molecular flexibility index (Phi) is 56.6. The number of nitrogens with one attached hydrogen (secondary N) is 5. The minimum atomic E-state index is -5.57. The van der Waals surface area contributed by atoms with E-state index in [2.05, 4.69) is 79.4 Å². The van der Waals surface area contributed by atoms with Gasteiger partial charge in [-0.3, -0.25) is 60.3 Å². The maximum atomic E-state index is 12.5. The summed E-state index contributed by atoms with van der Waals surface area (Å²) >= 11 is 0. The van der Waals surface area contributed by atoms with E-state index in [1.54, 1.807) is 30.3 Å². The molecule has 17 unspecified atom stereocenters. The molecule has 0 fully saturated rings. The van der Waals surface area contributed by atoms with E-state index < -0.39 is 411 Å². The standard InChI is InChI=1S/C81H125N22O39P/c1-36(2)31-50(76(132)94-43(15-24-57(87)108)71(127)101-52(34-64(120)121)78(134)98-49(81(137)138)11-7-8-30-82)99-72(128)47(19-28-61(114)115)95-77(133)51(33-63(118)119)100-73(129)48(20-29-62(116)117)97-80(136)65(37(3)104)103-75(131)44(16-25-58(88)109)92-68(124)42(14-23-56(86)107)90-67(123)41(13-22-55(85)106)91-69(125)45(17-26-59(110)111)93-70(126)46(18-27-60(112)113)96-79(135)53(35-142-143(139,140)141)102-74(130)40(12-21-54(84)105)89-66(122)39(83)32-38-9-5-4-6-10-38/h4-6,9-10,36-37,39-53,65,104H,7-8,11-35,82-83H2,1-3H3,(H2,84,105)(H2,85,106)(H2,86,107)(H2,87,108)(H2,88,109)(H,89,122)(H,90,123)(H,91,125)(H,92,124)(H,93,126)(H,94,132)(H,95,133)(H,96,135)(H,97,136)(H,98,134)(H,99,128)(H,100,129)(H,101,127)(H,102,130)(H,103,131)(H,110,111)(H,112,113)(H,114,115)(H,116,117)(H,118,119)(H,120,121)(H,137,138)(H2,139,140,141). The van der Waals surface area contributed by atoms with Crippen LogP contribution >= 0.6 is 7.82 Å². The van der Waals surface area contributed by atoms with Gasteiger partial charge in [0.1, 0.15) is 72.5 Å². The Morgan fingerprint density at radius 3 is 0.825 bits per heavy atom. The Hall–Kier alpha value is -15.1. The Bertz CT molecular complexity index is 5010. The van der Waals surface area contributed by atoms with Crippen LogP contribution in [0.5, 0.6) is 0 Å². The van der Waals surface area contributed by atoms with Crippen molar-refractivity contribution in [3.05, 3.63) is 35.9 Å². The van der Waals surface area contributed by atoms with Crippen molar-refractivity contribution in [3.8, 4) is 0 Å². The van der Waals surface area contributed by atoms with Gasteiger partial charge in [-0.05, 0) is 115 Å². The molecule has 0 heterocycles. The third-order valence-corrected chi connectivity index (χ3v) is 19.9. The molecule has 0 aliphatic rings. The lowest BCUT2D eigenvalue weighted by Gasteiger charge is -2.20. The lowest BCUT2D eigenvalue weighted by molar-refractivity contribution is -0.139. The number of carbonyl (C=O) groups is 7. The van der Waals surface area contributed by atoms with E-state index in [1.165, 1.54) is 13.8 Å². The predicted octanol–water partition coefficient (Wildman–Crippen LogP) is 5.17. The topological polar surface area (TPSA) is 1110 Å². The number of phosphoric ester groups is 1. The van der Waals surface area contributed by atoms with Crippen molar-refractivity contribution in [2.24, 2.45) is 92.3 Å². The lowest BCUT2D eigenvalue weighted by Crippen LogP contribution is -2.36. The second kappa shape index (κ2) is 64.3. The van der Waals surface area contributed by atoms with Crippen molar-refractivity contribution in [2.75, 3.05) is 13.2 Å². The largest absolute Gasteiger partial charge is 0.497 e. The van der Waals surface area contributed by atoms with Gasteiger partial charge in [-0.2, -0.15) is 0 Å². The van der Waals surface area contributed by atoms with Crippen LogP contribution in [0.25, 0.3) is 0 Å². The molecule has 0 bridgehead atoms. The van der Waals surface area contributed by atoms with Gasteiger partial charge in [-0.1, -0.05) is 44.2 Å². The molecule has 0 aliphatic carbocycles. The van der Waals surface area contributed by atoms with Crippen molar-refractivity contribution in [1.29, 1.82) is 27.0 Å². The monoisotopic (exact) mass is 2060 g/mol. The molecule has 17 atom stereocenters. The van der Waals surface area contributed by atoms with Crippen LogP contribution in [0.3, 0.4) is 0 Å². The van der Waals surface area contributed by atoms with E-state index in [9.17, 15) is 191 Å². The quantitative estimate of drug-likeness (QED) is 0.0173. The number of benzene rings is 1. The Labute approximate surface area is 812 Å². The average molecular weight is 2060 g/mol. The van der Waals surface area contributed by atoms with Crippen LogP contribution < -0.4 is 11.5 Å². The Balaban J connectivity index is 4.54. The summed E-state index contributed by atoms with van der Waals surface area (Å²) in [5.74, 6) is -37.8. The summed E-state index contributed by atoms with van der Waals surface area (Å²) in [6, 6.07) is -24.6. The molecule has 61 nitrogen and oxygen atoms in total. The first-order valence-electron chi connectivity index (χ1n) is 43.4. The zero-order valence-corrected chi connectivity index (χ0v) is 78.2. The van der Waals surface area contributed by atoms with E-state index >= 15 is 0 Å². The Morgan fingerprint density at radius 2 is 0.559 bits per heavy atom. The number of carboxylic acid groups (broad SMARTS) is 7. The van der Waals surface area contributed by atoms with E-state index in [4.69, 9.17) is 38.5 Å². The fourth-order valence-corrected chi connectivity index (χ4v) is 12.5. The molecule has 1 aromatic rings. The number of carboxylic acids is 7. The van der Waals surface area contributed by atoms with Gasteiger partial charge in [0.15, 0.2) is 53.5 Å². The predicted molar refractivity (Wildman–Crippen MR) is 516 cm³/mol. The third kappa shape index (κ3) is 53.2. The summed E-state index contributed by atoms with van der Waals surface area (Å²) in [7, 11) is -5.57. The van der Waals surface area contributed by atoms with Gasteiger partial charge in [0.2, 0.25) is 82.6 Å². The number of rotatable bonds is 74. The number of nitrogens with zero attached hydrogens (tertiary/aromatic N) is 15. The molecule has 0 saturated carbocycles. The fraction of sp³-hybridized carbons (Fsp3) is 0.593. The number of hydrogen-bond acceptors (Lipinski definition) is 32. The molecule has 0 aromatic heterocycles. The van der Waals surface area contributed by atoms with Gasteiger partial charge in [-0.25, -0.2) is 84.2 Å². The third-order valence-electron chi connectivity index (χ3n) is 19.4. The van der Waals surface area contributed by atoms with Crippen LogP contribution in [-0.2, 0) is 49.1 Å². The van der Waals surface area contributed by atoms with E-state index in [1.807, 2.05) is 0 Å². The highest BCUT2D eigenvalue weighted by atomic mass is 31.2. The summed E-state index contributed by atoms with van der Waals surface area (Å²) in [5, 5.41) is 340. The zero-order chi connectivity index (χ0) is 109. The van der Waals surface area contributed by atoms with Crippen LogP contribution in [0.1, 0.15) is 180 Å². The number of nitrogens with two attached hydrogens (primary N) is 2. The average Bonchev–Trinajstić information content (AvgIpc) is 0.839. The molecular formula is C81H125N22O39P. The first-order chi connectivity index (χ1) is 66.6. The van der Waals surface area contributed by atoms with Crippen LogP contribution in [0.15, 0.2) is 105 Å². The van der Waals surface area contributed by atoms with Gasteiger partial charge in [0.25, 0.3) is 0 Å². The number of phosphoric acid groups is 1. The summed E-state index contributed by atoms with van der Waals surface area (Å²) in [6.45, 7) is 2.62. The van der Waals surface area contributed by atoms with Crippen LogP contribution in [0, 0.1) is 33.0 Å². The normalized spacial score (nSPS) is 17.4. The first-order valence-corrected chi connectivity index (χ1v) is 44.9. The van der Waals surface area contributed by atoms with Gasteiger partial charge in [0.05, 0.1) is 31.6 Å². The number of aliphatic hydroxyl groups excluding tert-OH is 21. The molecule has 62 heteroatoms. The summed E-state index contributed by atoms with van der Waals surface area (Å²) in [6.07, 6.45) is -20.0. The van der Waals surface area contributed by atoms with Crippen molar-refractivity contribution in [2.45, 2.75) is 284 Å². The van der Waals surface area contributed by atoms with Crippen molar-refractivity contribution in [3.63, 3.8) is 0 Å². The summed E-state index contributed by atoms with van der Waals surface area (Å²) in [5.41, 5.74) is 12.2. The van der Waals surface area contributed by atoms with Gasteiger partial charge < -0.3 is 164 Å². The van der Waals surface area contributed by atoms with Gasteiger partial charge >= 0.3 is 49.6 Å². The molecule has 0 amide bonds. The van der Waals surface area contributed by atoms with E-state index in [0.717, 1.165) is 6.92 Å². The smallest absolute Gasteiger partial charge is 0.469 e. The molecule has 1 aromatic carbocycles.